The van der Waals surface area contributed by atoms with E-state index in [2.05, 4.69) is 18.5 Å². The zero-order chi connectivity index (χ0) is 10.4. The molecule has 80 valence electrons. The molecule has 0 radical (unpaired) electrons. The van der Waals surface area contributed by atoms with Crippen molar-refractivity contribution in [3.8, 4) is 0 Å². The van der Waals surface area contributed by atoms with Crippen LogP contribution in [0.1, 0.15) is 32.6 Å². The summed E-state index contributed by atoms with van der Waals surface area (Å²) in [6.07, 6.45) is 5.96. The molecule has 0 amide bonds. The van der Waals surface area contributed by atoms with Gasteiger partial charge in [0.1, 0.15) is 12.1 Å². The second kappa shape index (κ2) is 5.81. The highest BCUT2D eigenvalue weighted by atomic mass is 16.5. The predicted octanol–water partition coefficient (Wildman–Crippen LogP) is 1.91. The first kappa shape index (κ1) is 11.2. The van der Waals surface area contributed by atoms with E-state index in [0.717, 1.165) is 18.7 Å². The minimum absolute atomic E-state index is 0.0357. The summed E-state index contributed by atoms with van der Waals surface area (Å²) in [6.45, 7) is 5.87. The minimum Gasteiger partial charge on any atom is -0.471 e. The topological polar surface area (TPSA) is 41.8 Å². The van der Waals surface area contributed by atoms with E-state index in [-0.39, 0.29) is 18.8 Å². The fraction of sp³-hybridized carbons (Fsp3) is 0.727. The van der Waals surface area contributed by atoms with Crippen molar-refractivity contribution in [1.29, 1.82) is 0 Å². The van der Waals surface area contributed by atoms with Crippen LogP contribution in [-0.2, 0) is 4.74 Å². The number of nitrogens with zero attached hydrogens (tertiary/aromatic N) is 1. The SMILES string of the molecule is C=C[C@@H]1OC(CCCCC)=N[C@H]1CO. The smallest absolute Gasteiger partial charge is 0.184 e. The summed E-state index contributed by atoms with van der Waals surface area (Å²) < 4.78 is 5.53. The van der Waals surface area contributed by atoms with Gasteiger partial charge in [0.05, 0.1) is 6.61 Å². The minimum atomic E-state index is -0.135. The van der Waals surface area contributed by atoms with Crippen LogP contribution in [0.15, 0.2) is 17.6 Å². The van der Waals surface area contributed by atoms with E-state index in [1.54, 1.807) is 6.08 Å². The molecule has 3 heteroatoms. The second-order valence-corrected chi connectivity index (χ2v) is 3.55. The number of unbranched alkanes of at least 4 members (excludes halogenated alkanes) is 2. The van der Waals surface area contributed by atoms with E-state index < -0.39 is 0 Å². The molecule has 0 aromatic heterocycles. The molecular weight excluding hydrogens is 178 g/mol. The third kappa shape index (κ3) is 2.84. The summed E-state index contributed by atoms with van der Waals surface area (Å²) in [7, 11) is 0. The lowest BCUT2D eigenvalue weighted by molar-refractivity contribution is 0.182. The molecule has 1 rings (SSSR count). The van der Waals surface area contributed by atoms with E-state index in [0.29, 0.717) is 0 Å². The summed E-state index contributed by atoms with van der Waals surface area (Å²) >= 11 is 0. The molecule has 3 nitrogen and oxygen atoms in total. The lowest BCUT2D eigenvalue weighted by atomic mass is 10.2. The molecule has 0 fully saturated rings. The fourth-order valence-corrected chi connectivity index (χ4v) is 1.52. The van der Waals surface area contributed by atoms with Gasteiger partial charge in [-0.05, 0) is 12.5 Å². The van der Waals surface area contributed by atoms with E-state index in [4.69, 9.17) is 9.84 Å². The highest BCUT2D eigenvalue weighted by molar-refractivity contribution is 5.78. The van der Waals surface area contributed by atoms with Gasteiger partial charge in [-0.15, -0.1) is 0 Å². The molecule has 1 heterocycles. The third-order valence-electron chi connectivity index (χ3n) is 2.37. The molecule has 0 saturated heterocycles. The number of hydrogen-bond donors (Lipinski definition) is 1. The van der Waals surface area contributed by atoms with Crippen LogP contribution in [0.3, 0.4) is 0 Å². The number of aliphatic hydroxyl groups excluding tert-OH is 1. The summed E-state index contributed by atoms with van der Waals surface area (Å²) in [5.74, 6) is 0.780. The van der Waals surface area contributed by atoms with Crippen molar-refractivity contribution in [2.75, 3.05) is 6.61 Å². The van der Waals surface area contributed by atoms with Gasteiger partial charge in [-0.2, -0.15) is 0 Å². The van der Waals surface area contributed by atoms with Gasteiger partial charge in [-0.1, -0.05) is 26.3 Å². The molecule has 0 spiro atoms. The van der Waals surface area contributed by atoms with Crippen LogP contribution in [0, 0.1) is 0 Å². The van der Waals surface area contributed by atoms with Crippen LogP contribution in [0.25, 0.3) is 0 Å². The molecular formula is C11H19NO2. The van der Waals surface area contributed by atoms with Crippen molar-refractivity contribution in [2.45, 2.75) is 44.8 Å². The highest BCUT2D eigenvalue weighted by Gasteiger charge is 2.27. The van der Waals surface area contributed by atoms with E-state index in [9.17, 15) is 0 Å². The van der Waals surface area contributed by atoms with E-state index in [1.807, 2.05) is 0 Å². The highest BCUT2D eigenvalue weighted by Crippen LogP contribution is 2.17. The summed E-state index contributed by atoms with van der Waals surface area (Å²) in [5.41, 5.74) is 0. The van der Waals surface area contributed by atoms with E-state index >= 15 is 0 Å². The zero-order valence-electron chi connectivity index (χ0n) is 8.78. The van der Waals surface area contributed by atoms with E-state index in [1.165, 1.54) is 12.8 Å². The lowest BCUT2D eigenvalue weighted by Crippen LogP contribution is -2.23. The third-order valence-corrected chi connectivity index (χ3v) is 2.37. The number of hydrogen-bond acceptors (Lipinski definition) is 3. The molecule has 0 aromatic carbocycles. The van der Waals surface area contributed by atoms with Gasteiger partial charge in [-0.3, -0.25) is 0 Å². The molecule has 0 unspecified atom stereocenters. The van der Waals surface area contributed by atoms with Gasteiger partial charge >= 0.3 is 0 Å². The largest absolute Gasteiger partial charge is 0.471 e. The first-order valence-electron chi connectivity index (χ1n) is 5.28. The molecule has 14 heavy (non-hydrogen) atoms. The maximum atomic E-state index is 9.02. The quantitative estimate of drug-likeness (QED) is 0.522. The maximum absolute atomic E-state index is 9.02. The second-order valence-electron chi connectivity index (χ2n) is 3.55. The molecule has 1 aliphatic heterocycles. The number of rotatable bonds is 6. The fourth-order valence-electron chi connectivity index (χ4n) is 1.52. The van der Waals surface area contributed by atoms with Crippen molar-refractivity contribution >= 4 is 5.90 Å². The van der Waals surface area contributed by atoms with Gasteiger partial charge in [0.15, 0.2) is 5.90 Å². The Kier molecular flexibility index (Phi) is 4.66. The predicted molar refractivity (Wildman–Crippen MR) is 57.5 cm³/mol. The van der Waals surface area contributed by atoms with Crippen molar-refractivity contribution in [3.05, 3.63) is 12.7 Å². The Morgan fingerprint density at radius 3 is 2.86 bits per heavy atom. The van der Waals surface area contributed by atoms with Gasteiger partial charge in [0, 0.05) is 6.42 Å². The van der Waals surface area contributed by atoms with Gasteiger partial charge in [0.2, 0.25) is 0 Å². The lowest BCUT2D eigenvalue weighted by Gasteiger charge is -2.10. The Hall–Kier alpha value is -0.830. The maximum Gasteiger partial charge on any atom is 0.184 e. The molecule has 0 aromatic rings. The Morgan fingerprint density at radius 1 is 1.57 bits per heavy atom. The zero-order valence-corrected chi connectivity index (χ0v) is 8.78. The number of ether oxygens (including phenoxy) is 1. The number of aliphatic imine (C=N–C) groups is 1. The Labute approximate surface area is 85.5 Å². The molecule has 0 saturated carbocycles. The first-order chi connectivity index (χ1) is 6.81. The van der Waals surface area contributed by atoms with Crippen LogP contribution in [0.5, 0.6) is 0 Å². The Balaban J connectivity index is 2.36. The van der Waals surface area contributed by atoms with Gasteiger partial charge in [-0.25, -0.2) is 4.99 Å². The molecule has 0 aliphatic carbocycles. The molecule has 1 N–H and O–H groups in total. The standard InChI is InChI=1S/C11H19NO2/c1-3-5-6-7-11-12-9(8-13)10(4-2)14-11/h4,9-10,13H,2-3,5-8H2,1H3/t9-,10-/m0/s1. The Morgan fingerprint density at radius 2 is 2.36 bits per heavy atom. The summed E-state index contributed by atoms with van der Waals surface area (Å²) in [6, 6.07) is -0.135. The van der Waals surface area contributed by atoms with Crippen LogP contribution in [0.4, 0.5) is 0 Å². The summed E-state index contributed by atoms with van der Waals surface area (Å²) in [5, 5.41) is 9.02. The van der Waals surface area contributed by atoms with Crippen molar-refractivity contribution < 1.29 is 9.84 Å². The normalized spacial score (nSPS) is 25.7. The van der Waals surface area contributed by atoms with Gasteiger partial charge < -0.3 is 9.84 Å². The summed E-state index contributed by atoms with van der Waals surface area (Å²) in [4.78, 5) is 4.30. The molecule has 0 bridgehead atoms. The van der Waals surface area contributed by atoms with Crippen LogP contribution in [-0.4, -0.2) is 29.8 Å². The van der Waals surface area contributed by atoms with Gasteiger partial charge in [0.25, 0.3) is 0 Å². The van der Waals surface area contributed by atoms with Crippen LogP contribution in [0.2, 0.25) is 0 Å². The first-order valence-corrected chi connectivity index (χ1v) is 5.28. The Bertz CT molecular complexity index is 213. The van der Waals surface area contributed by atoms with Crippen molar-refractivity contribution in [3.63, 3.8) is 0 Å². The van der Waals surface area contributed by atoms with Crippen molar-refractivity contribution in [1.82, 2.24) is 0 Å². The van der Waals surface area contributed by atoms with Crippen LogP contribution < -0.4 is 0 Å². The average molecular weight is 197 g/mol. The van der Waals surface area contributed by atoms with Crippen molar-refractivity contribution in [2.24, 2.45) is 4.99 Å². The number of aliphatic hydroxyl groups is 1. The molecule has 1 aliphatic rings. The molecule has 2 atom stereocenters. The monoisotopic (exact) mass is 197 g/mol. The van der Waals surface area contributed by atoms with Crippen LogP contribution >= 0.6 is 0 Å². The average Bonchev–Trinajstić information content (AvgIpc) is 2.61.